The number of nitrogens with zero attached hydrogens (tertiary/aromatic N) is 6. The Morgan fingerprint density at radius 3 is 2.64 bits per heavy atom. The number of rotatable bonds is 5. The quantitative estimate of drug-likeness (QED) is 0.529. The Kier molecular flexibility index (Phi) is 4.70. The Hall–Kier alpha value is -3.39. The number of hydrogen-bond acceptors (Lipinski definition) is 6. The Labute approximate surface area is 161 Å². The average molecular weight is 378 g/mol. The van der Waals surface area contributed by atoms with Gasteiger partial charge in [-0.05, 0) is 63.0 Å². The molecule has 8 heteroatoms. The highest BCUT2D eigenvalue weighted by Gasteiger charge is 2.14. The van der Waals surface area contributed by atoms with Gasteiger partial charge in [0.05, 0.1) is 5.69 Å². The van der Waals surface area contributed by atoms with Crippen LogP contribution in [0.3, 0.4) is 0 Å². The van der Waals surface area contributed by atoms with Gasteiger partial charge in [0.2, 0.25) is 5.82 Å². The molecule has 0 aliphatic heterocycles. The molecule has 0 atom stereocenters. The van der Waals surface area contributed by atoms with Gasteiger partial charge in [0.15, 0.2) is 0 Å². The lowest BCUT2D eigenvalue weighted by atomic mass is 10.1. The van der Waals surface area contributed by atoms with Crippen molar-refractivity contribution in [3.8, 4) is 28.5 Å². The molecule has 2 heterocycles. The van der Waals surface area contributed by atoms with Crippen LogP contribution in [0, 0.1) is 12.7 Å². The molecule has 142 valence electrons. The second-order valence-electron chi connectivity index (χ2n) is 6.81. The summed E-state index contributed by atoms with van der Waals surface area (Å²) in [6, 6.07) is 10.6. The summed E-state index contributed by atoms with van der Waals surface area (Å²) in [5.41, 5.74) is 4.02. The first kappa shape index (κ1) is 18.0. The molecule has 0 fully saturated rings. The molecule has 0 saturated carbocycles. The van der Waals surface area contributed by atoms with Crippen LogP contribution in [0.4, 0.5) is 4.39 Å². The highest BCUT2D eigenvalue weighted by atomic mass is 19.1. The summed E-state index contributed by atoms with van der Waals surface area (Å²) in [7, 11) is 3.79. The van der Waals surface area contributed by atoms with Crippen LogP contribution in [0.25, 0.3) is 28.5 Å². The van der Waals surface area contributed by atoms with Crippen LogP contribution in [-0.4, -0.2) is 43.9 Å². The third kappa shape index (κ3) is 3.54. The van der Waals surface area contributed by atoms with E-state index in [9.17, 15) is 4.39 Å². The Morgan fingerprint density at radius 2 is 1.93 bits per heavy atom. The number of benzene rings is 2. The molecule has 2 aromatic heterocycles. The van der Waals surface area contributed by atoms with Gasteiger partial charge in [-0.15, -0.1) is 0 Å². The molecule has 4 rings (SSSR count). The fraction of sp³-hybridized carbons (Fsp3) is 0.200. The number of hydrogen-bond donors (Lipinski definition) is 0. The minimum Gasteiger partial charge on any atom is -0.334 e. The van der Waals surface area contributed by atoms with Crippen molar-refractivity contribution in [2.75, 3.05) is 14.1 Å². The van der Waals surface area contributed by atoms with Gasteiger partial charge in [-0.25, -0.2) is 14.1 Å². The lowest BCUT2D eigenvalue weighted by molar-refractivity contribution is 0.392. The maximum Gasteiger partial charge on any atom is 0.258 e. The average Bonchev–Trinajstić information content (AvgIpc) is 3.35. The summed E-state index contributed by atoms with van der Waals surface area (Å²) >= 11 is 0. The van der Waals surface area contributed by atoms with E-state index in [4.69, 9.17) is 4.52 Å². The molecule has 4 aromatic rings. The molecule has 0 aliphatic carbocycles. The van der Waals surface area contributed by atoms with Crippen LogP contribution in [0.5, 0.6) is 0 Å². The molecule has 2 aromatic carbocycles. The van der Waals surface area contributed by atoms with Crippen LogP contribution < -0.4 is 0 Å². The minimum absolute atomic E-state index is 0.250. The van der Waals surface area contributed by atoms with Crippen LogP contribution in [0.1, 0.15) is 11.1 Å². The molecule has 0 aliphatic rings. The SMILES string of the molecule is Cc1cc(-c2nc(-c3ccc(F)c(CN(C)C)c3)no2)ccc1-n1cncn1. The molecule has 0 bridgehead atoms. The van der Waals surface area contributed by atoms with Crippen molar-refractivity contribution in [1.29, 1.82) is 0 Å². The molecule has 0 radical (unpaired) electrons. The molecule has 0 spiro atoms. The van der Waals surface area contributed by atoms with Crippen molar-refractivity contribution in [1.82, 2.24) is 29.8 Å². The first-order valence-electron chi connectivity index (χ1n) is 8.74. The molecule has 0 N–H and O–H groups in total. The van der Waals surface area contributed by atoms with Gasteiger partial charge in [-0.3, -0.25) is 0 Å². The summed E-state index contributed by atoms with van der Waals surface area (Å²) in [6.45, 7) is 2.47. The standard InChI is InChI=1S/C20H19FN6O/c1-13-8-15(5-7-18(13)27-12-22-11-23-27)20-24-19(25-28-20)14-4-6-17(21)16(9-14)10-26(2)3/h4-9,11-12H,10H2,1-3H3. The topological polar surface area (TPSA) is 72.9 Å². The van der Waals surface area contributed by atoms with Crippen molar-refractivity contribution in [2.24, 2.45) is 0 Å². The molecular weight excluding hydrogens is 359 g/mol. The van der Waals surface area contributed by atoms with E-state index in [1.807, 2.05) is 44.1 Å². The van der Waals surface area contributed by atoms with Crippen LogP contribution >= 0.6 is 0 Å². The highest BCUT2D eigenvalue weighted by Crippen LogP contribution is 2.26. The monoisotopic (exact) mass is 378 g/mol. The summed E-state index contributed by atoms with van der Waals surface area (Å²) in [6.07, 6.45) is 3.14. The Bertz CT molecular complexity index is 1100. The molecular formula is C20H19FN6O. The molecule has 28 heavy (non-hydrogen) atoms. The summed E-state index contributed by atoms with van der Waals surface area (Å²) in [5, 5.41) is 8.21. The predicted octanol–water partition coefficient (Wildman–Crippen LogP) is 3.49. The minimum atomic E-state index is -0.250. The fourth-order valence-electron chi connectivity index (χ4n) is 3.01. The molecule has 0 unspecified atom stereocenters. The van der Waals surface area contributed by atoms with Crippen molar-refractivity contribution in [3.63, 3.8) is 0 Å². The largest absolute Gasteiger partial charge is 0.334 e. The van der Waals surface area contributed by atoms with Gasteiger partial charge in [-0.1, -0.05) is 5.16 Å². The second-order valence-corrected chi connectivity index (χ2v) is 6.81. The normalized spacial score (nSPS) is 11.3. The van der Waals surface area contributed by atoms with Gasteiger partial charge in [0.25, 0.3) is 5.89 Å². The van der Waals surface area contributed by atoms with Crippen molar-refractivity contribution < 1.29 is 8.91 Å². The third-order valence-corrected chi connectivity index (χ3v) is 4.33. The van der Waals surface area contributed by atoms with E-state index in [0.29, 0.717) is 29.4 Å². The van der Waals surface area contributed by atoms with Crippen LogP contribution in [0.15, 0.2) is 53.6 Å². The Balaban J connectivity index is 1.64. The zero-order valence-electron chi connectivity index (χ0n) is 15.8. The highest BCUT2D eigenvalue weighted by molar-refractivity contribution is 5.62. The van der Waals surface area contributed by atoms with Gasteiger partial charge in [-0.2, -0.15) is 10.1 Å². The zero-order valence-corrected chi connectivity index (χ0v) is 15.8. The van der Waals surface area contributed by atoms with E-state index >= 15 is 0 Å². The van der Waals surface area contributed by atoms with Crippen LogP contribution in [0.2, 0.25) is 0 Å². The van der Waals surface area contributed by atoms with Crippen molar-refractivity contribution in [2.45, 2.75) is 13.5 Å². The van der Waals surface area contributed by atoms with E-state index in [-0.39, 0.29) is 5.82 Å². The van der Waals surface area contributed by atoms with Crippen molar-refractivity contribution >= 4 is 0 Å². The molecule has 0 saturated heterocycles. The van der Waals surface area contributed by atoms with Crippen molar-refractivity contribution in [3.05, 3.63) is 66.0 Å². The maximum absolute atomic E-state index is 14.0. The zero-order chi connectivity index (χ0) is 19.7. The van der Waals surface area contributed by atoms with E-state index in [2.05, 4.69) is 20.2 Å². The lowest BCUT2D eigenvalue weighted by Crippen LogP contribution is -2.12. The van der Waals surface area contributed by atoms with Gasteiger partial charge in [0.1, 0.15) is 18.5 Å². The molecule has 0 amide bonds. The Morgan fingerprint density at radius 1 is 1.11 bits per heavy atom. The van der Waals surface area contributed by atoms with Crippen LogP contribution in [-0.2, 0) is 6.54 Å². The lowest BCUT2D eigenvalue weighted by Gasteiger charge is -2.11. The second kappa shape index (κ2) is 7.32. The number of halogens is 1. The predicted molar refractivity (Wildman–Crippen MR) is 102 cm³/mol. The summed E-state index contributed by atoms with van der Waals surface area (Å²) in [4.78, 5) is 10.4. The van der Waals surface area contributed by atoms with Gasteiger partial charge in [0, 0.05) is 23.2 Å². The van der Waals surface area contributed by atoms with E-state index in [0.717, 1.165) is 16.8 Å². The van der Waals surface area contributed by atoms with Gasteiger partial charge < -0.3 is 9.42 Å². The van der Waals surface area contributed by atoms with Gasteiger partial charge >= 0.3 is 0 Å². The van der Waals surface area contributed by atoms with E-state index in [1.54, 1.807) is 23.1 Å². The number of aromatic nitrogens is 5. The first-order valence-corrected chi connectivity index (χ1v) is 8.74. The smallest absolute Gasteiger partial charge is 0.258 e. The summed E-state index contributed by atoms with van der Waals surface area (Å²) < 4.78 is 21.2. The summed E-state index contributed by atoms with van der Waals surface area (Å²) in [5.74, 6) is 0.579. The third-order valence-electron chi connectivity index (χ3n) is 4.33. The first-order chi connectivity index (χ1) is 13.5. The maximum atomic E-state index is 14.0. The molecule has 7 nitrogen and oxygen atoms in total. The van der Waals surface area contributed by atoms with E-state index < -0.39 is 0 Å². The van der Waals surface area contributed by atoms with E-state index in [1.165, 1.54) is 12.4 Å². The fourth-order valence-corrected chi connectivity index (χ4v) is 3.01. The number of aryl methyl sites for hydroxylation is 1.